The molecule has 9 nitrogen and oxygen atoms in total. The van der Waals surface area contributed by atoms with Crippen molar-refractivity contribution in [3.05, 3.63) is 64.1 Å². The Morgan fingerprint density at radius 1 is 1.39 bits per heavy atom. The Bertz CT molecular complexity index is 1060. The molecule has 4 heterocycles. The lowest BCUT2D eigenvalue weighted by Crippen LogP contribution is -2.46. The summed E-state index contributed by atoms with van der Waals surface area (Å²) < 4.78 is 12.7. The highest BCUT2D eigenvalue weighted by atomic mass is 32.2. The Labute approximate surface area is 186 Å². The largest absolute Gasteiger partial charge is 0.467 e. The normalized spacial score (nSPS) is 16.2. The minimum atomic E-state index is -0.727. The number of thioether (sulfide) groups is 1. The Balaban J connectivity index is 1.54. The number of urea groups is 1. The van der Waals surface area contributed by atoms with Crippen LogP contribution in [0, 0.1) is 0 Å². The lowest BCUT2D eigenvalue weighted by Gasteiger charge is -2.27. The van der Waals surface area contributed by atoms with E-state index in [-0.39, 0.29) is 6.61 Å². The molecule has 0 saturated heterocycles. The second-order valence-corrected chi connectivity index (χ2v) is 8.56. The maximum Gasteiger partial charge on any atom is 0.338 e. The van der Waals surface area contributed by atoms with Gasteiger partial charge in [0, 0.05) is 22.9 Å². The molecule has 3 aromatic heterocycles. The van der Waals surface area contributed by atoms with Gasteiger partial charge in [-0.3, -0.25) is 0 Å². The van der Waals surface area contributed by atoms with Gasteiger partial charge in [0.25, 0.3) is 0 Å². The number of carbonyl (C=O) groups is 2. The second kappa shape index (κ2) is 9.84. The fourth-order valence-electron chi connectivity index (χ4n) is 3.18. The molecule has 162 valence electrons. The summed E-state index contributed by atoms with van der Waals surface area (Å²) in [6.45, 7) is 2.70. The second-order valence-electron chi connectivity index (χ2n) is 6.58. The third kappa shape index (κ3) is 5.00. The molecular formula is C20H21N5O4S2. The van der Waals surface area contributed by atoms with Crippen molar-refractivity contribution in [3.63, 3.8) is 0 Å². The van der Waals surface area contributed by atoms with Crippen molar-refractivity contribution in [1.29, 1.82) is 0 Å². The highest BCUT2D eigenvalue weighted by Gasteiger charge is 2.35. The van der Waals surface area contributed by atoms with Gasteiger partial charge in [-0.2, -0.15) is 0 Å². The average molecular weight is 460 g/mol. The number of nitrogens with one attached hydrogen (secondary N) is 2. The molecule has 2 amide bonds. The Morgan fingerprint density at radius 3 is 3.03 bits per heavy atom. The van der Waals surface area contributed by atoms with Gasteiger partial charge in [0.05, 0.1) is 18.4 Å². The van der Waals surface area contributed by atoms with Crippen molar-refractivity contribution in [2.45, 2.75) is 31.1 Å². The zero-order chi connectivity index (χ0) is 21.6. The van der Waals surface area contributed by atoms with Crippen LogP contribution in [-0.4, -0.2) is 39.1 Å². The van der Waals surface area contributed by atoms with Gasteiger partial charge < -0.3 is 24.4 Å². The van der Waals surface area contributed by atoms with E-state index in [1.54, 1.807) is 36.7 Å². The van der Waals surface area contributed by atoms with E-state index in [2.05, 4.69) is 32.3 Å². The number of amides is 2. The van der Waals surface area contributed by atoms with Crippen LogP contribution >= 0.6 is 23.1 Å². The van der Waals surface area contributed by atoms with Gasteiger partial charge in [0.15, 0.2) is 5.16 Å². The molecule has 0 aliphatic carbocycles. The lowest BCUT2D eigenvalue weighted by molar-refractivity contribution is -0.139. The summed E-state index contributed by atoms with van der Waals surface area (Å²) in [5, 5.41) is 16.4. The zero-order valence-electron chi connectivity index (χ0n) is 16.7. The number of ether oxygens (including phenoxy) is 1. The van der Waals surface area contributed by atoms with E-state index in [0.717, 1.165) is 13.0 Å². The minimum absolute atomic E-state index is 0.221. The first-order valence-corrected chi connectivity index (χ1v) is 11.6. The summed E-state index contributed by atoms with van der Waals surface area (Å²) in [7, 11) is 0. The third-order valence-corrected chi connectivity index (χ3v) is 6.53. The quantitative estimate of drug-likeness (QED) is 0.373. The molecule has 1 aliphatic heterocycles. The molecule has 0 spiro atoms. The molecule has 1 aliphatic rings. The maximum atomic E-state index is 12.7. The predicted molar refractivity (Wildman–Crippen MR) is 116 cm³/mol. The van der Waals surface area contributed by atoms with Crippen molar-refractivity contribution in [2.24, 2.45) is 0 Å². The molecule has 4 rings (SSSR count). The number of nitrogens with zero attached hydrogens (tertiary/aromatic N) is 3. The molecule has 0 radical (unpaired) electrons. The third-order valence-electron chi connectivity index (χ3n) is 4.58. The number of rotatable bonds is 9. The van der Waals surface area contributed by atoms with E-state index in [1.165, 1.54) is 22.9 Å². The maximum absolute atomic E-state index is 12.7. The van der Waals surface area contributed by atoms with E-state index in [4.69, 9.17) is 9.15 Å². The van der Waals surface area contributed by atoms with Crippen molar-refractivity contribution >= 4 is 35.1 Å². The van der Waals surface area contributed by atoms with Gasteiger partial charge in [0.1, 0.15) is 18.1 Å². The van der Waals surface area contributed by atoms with Crippen LogP contribution in [0.5, 0.6) is 0 Å². The van der Waals surface area contributed by atoms with Crippen LogP contribution < -0.4 is 10.6 Å². The highest BCUT2D eigenvalue weighted by molar-refractivity contribution is 7.99. The van der Waals surface area contributed by atoms with E-state index < -0.39 is 18.0 Å². The first-order chi connectivity index (χ1) is 15.2. The summed E-state index contributed by atoms with van der Waals surface area (Å²) in [6, 6.07) is 6.40. The fourth-order valence-corrected chi connectivity index (χ4v) is 4.79. The van der Waals surface area contributed by atoms with Gasteiger partial charge in [-0.1, -0.05) is 17.8 Å². The van der Waals surface area contributed by atoms with Crippen molar-refractivity contribution in [1.82, 2.24) is 25.4 Å². The monoisotopic (exact) mass is 459 g/mol. The van der Waals surface area contributed by atoms with Gasteiger partial charge >= 0.3 is 12.0 Å². The molecule has 2 N–H and O–H groups in total. The fraction of sp³-hybridized carbons (Fsp3) is 0.300. The minimum Gasteiger partial charge on any atom is -0.467 e. The summed E-state index contributed by atoms with van der Waals surface area (Å²) in [5.41, 5.74) is 0.773. The molecule has 0 aromatic carbocycles. The van der Waals surface area contributed by atoms with E-state index >= 15 is 0 Å². The zero-order valence-corrected chi connectivity index (χ0v) is 18.4. The number of hydrogen-bond acceptors (Lipinski definition) is 8. The lowest BCUT2D eigenvalue weighted by atomic mass is 10.0. The number of thiophene rings is 1. The van der Waals surface area contributed by atoms with Crippen molar-refractivity contribution < 1.29 is 18.7 Å². The summed E-state index contributed by atoms with van der Waals surface area (Å²) in [5.74, 6) is 0.266. The first-order valence-electron chi connectivity index (χ1n) is 9.69. The van der Waals surface area contributed by atoms with Crippen LogP contribution in [0.4, 0.5) is 4.79 Å². The van der Waals surface area contributed by atoms with Crippen molar-refractivity contribution in [2.75, 3.05) is 12.4 Å². The Hall–Kier alpha value is -3.05. The summed E-state index contributed by atoms with van der Waals surface area (Å²) >= 11 is 3.10. The molecule has 0 bridgehead atoms. The SMILES string of the molecule is CCOC(=O)C1=C(CSc2nncn2CCc2cccs2)NC(=O)NC1c1ccco1. The topological polar surface area (TPSA) is 111 Å². The number of esters is 1. The van der Waals surface area contributed by atoms with Crippen LogP contribution in [0.15, 0.2) is 63.1 Å². The summed E-state index contributed by atoms with van der Waals surface area (Å²) in [4.78, 5) is 26.3. The van der Waals surface area contributed by atoms with Gasteiger partial charge in [0.2, 0.25) is 0 Å². The van der Waals surface area contributed by atoms with Crippen LogP contribution in [0.25, 0.3) is 0 Å². The predicted octanol–water partition coefficient (Wildman–Crippen LogP) is 3.14. The Kier molecular flexibility index (Phi) is 6.73. The van der Waals surface area contributed by atoms with Crippen LogP contribution in [0.2, 0.25) is 0 Å². The van der Waals surface area contributed by atoms with Crippen LogP contribution in [-0.2, 0) is 22.5 Å². The standard InChI is InChI=1S/C20H21N5O4S2/c1-2-28-18(26)16-14(22-19(27)23-17(16)15-6-3-9-29-15)11-31-20-24-21-12-25(20)8-7-13-5-4-10-30-13/h3-6,9-10,12,17H,2,7-8,11H2,1H3,(H2,22,23,27). The van der Waals surface area contributed by atoms with Gasteiger partial charge in [-0.05, 0) is 36.9 Å². The number of furan rings is 1. The van der Waals surface area contributed by atoms with Crippen LogP contribution in [0.1, 0.15) is 23.6 Å². The van der Waals surface area contributed by atoms with Crippen molar-refractivity contribution in [3.8, 4) is 0 Å². The van der Waals surface area contributed by atoms with E-state index in [1.807, 2.05) is 10.6 Å². The summed E-state index contributed by atoms with van der Waals surface area (Å²) in [6.07, 6.45) is 4.06. The molecule has 1 unspecified atom stereocenters. The van der Waals surface area contributed by atoms with E-state index in [0.29, 0.717) is 27.9 Å². The molecule has 3 aromatic rings. The van der Waals surface area contributed by atoms with Gasteiger partial charge in [-0.25, -0.2) is 9.59 Å². The number of carbonyl (C=O) groups excluding carboxylic acids is 2. The average Bonchev–Trinajstić information content (AvgIpc) is 3.53. The number of aromatic nitrogens is 3. The van der Waals surface area contributed by atoms with Gasteiger partial charge in [-0.15, -0.1) is 21.5 Å². The molecule has 1 atom stereocenters. The molecule has 11 heteroatoms. The highest BCUT2D eigenvalue weighted by Crippen LogP contribution is 2.30. The van der Waals surface area contributed by atoms with E-state index in [9.17, 15) is 9.59 Å². The number of hydrogen-bond donors (Lipinski definition) is 2. The molecule has 0 saturated carbocycles. The number of aryl methyl sites for hydroxylation is 2. The smallest absolute Gasteiger partial charge is 0.338 e. The molecular weight excluding hydrogens is 438 g/mol. The molecule has 0 fully saturated rings. The molecule has 31 heavy (non-hydrogen) atoms. The first kappa shape index (κ1) is 21.2. The Morgan fingerprint density at radius 2 is 2.29 bits per heavy atom. The van der Waals surface area contributed by atoms with Crippen LogP contribution in [0.3, 0.4) is 0 Å².